The highest BCUT2D eigenvalue weighted by atomic mass is 16.5. The lowest BCUT2D eigenvalue weighted by Crippen LogP contribution is -2.07. The number of hydrogen-bond donors (Lipinski definition) is 1. The Kier molecular flexibility index (Phi) is 3.66. The summed E-state index contributed by atoms with van der Waals surface area (Å²) in [4.78, 5) is 14.9. The van der Waals surface area contributed by atoms with Crippen LogP contribution in [0.2, 0.25) is 0 Å². The predicted molar refractivity (Wildman–Crippen MR) is 56.3 cm³/mol. The summed E-state index contributed by atoms with van der Waals surface area (Å²) < 4.78 is 5.36. The molecule has 1 aromatic rings. The first-order valence-corrected chi connectivity index (χ1v) is 4.84. The van der Waals surface area contributed by atoms with E-state index in [2.05, 4.69) is 4.98 Å². The van der Waals surface area contributed by atoms with Crippen molar-refractivity contribution < 1.29 is 14.6 Å². The average Bonchev–Trinajstić information content (AvgIpc) is 2.13. The topological polar surface area (TPSA) is 59.4 Å². The molecule has 0 unspecified atom stereocenters. The third-order valence-corrected chi connectivity index (χ3v) is 1.74. The number of ether oxygens (including phenoxy) is 1. The van der Waals surface area contributed by atoms with E-state index in [1.807, 2.05) is 13.8 Å². The van der Waals surface area contributed by atoms with Gasteiger partial charge in [-0.25, -0.2) is 9.78 Å². The van der Waals surface area contributed by atoms with Gasteiger partial charge in [-0.15, -0.1) is 0 Å². The number of carboxylic acids is 1. The highest BCUT2D eigenvalue weighted by Gasteiger charge is 2.07. The smallest absolute Gasteiger partial charge is 0.335 e. The Bertz CT molecular complexity index is 361. The van der Waals surface area contributed by atoms with Crippen molar-refractivity contribution in [1.82, 2.24) is 4.98 Å². The number of rotatable bonds is 4. The molecule has 0 atom stereocenters. The van der Waals surface area contributed by atoms with Crippen molar-refractivity contribution in [2.45, 2.75) is 20.8 Å². The second kappa shape index (κ2) is 4.77. The quantitative estimate of drug-likeness (QED) is 0.825. The van der Waals surface area contributed by atoms with Crippen molar-refractivity contribution in [3.05, 3.63) is 23.4 Å². The summed E-state index contributed by atoms with van der Waals surface area (Å²) in [7, 11) is 0. The maximum atomic E-state index is 10.8. The molecule has 0 radical (unpaired) electrons. The maximum absolute atomic E-state index is 10.8. The van der Waals surface area contributed by atoms with Crippen molar-refractivity contribution >= 4 is 5.97 Å². The molecule has 1 N–H and O–H groups in total. The standard InChI is InChI=1S/C11H15NO3/c1-7(2)6-15-10-5-9(11(13)14)4-8(3)12-10/h4-5,7H,6H2,1-3H3,(H,13,14). The van der Waals surface area contributed by atoms with Crippen LogP contribution in [0.4, 0.5) is 0 Å². The number of pyridine rings is 1. The molecule has 0 aliphatic carbocycles. The van der Waals surface area contributed by atoms with Crippen molar-refractivity contribution in [2.24, 2.45) is 5.92 Å². The van der Waals surface area contributed by atoms with Crippen LogP contribution in [-0.2, 0) is 0 Å². The first kappa shape index (κ1) is 11.5. The Morgan fingerprint density at radius 3 is 2.73 bits per heavy atom. The van der Waals surface area contributed by atoms with Gasteiger partial charge in [0.2, 0.25) is 5.88 Å². The summed E-state index contributed by atoms with van der Waals surface area (Å²) in [5.74, 6) is -0.198. The number of aryl methyl sites for hydroxylation is 1. The van der Waals surface area contributed by atoms with E-state index < -0.39 is 5.97 Å². The van der Waals surface area contributed by atoms with Gasteiger partial charge < -0.3 is 9.84 Å². The summed E-state index contributed by atoms with van der Waals surface area (Å²) in [5.41, 5.74) is 0.856. The first-order valence-electron chi connectivity index (χ1n) is 4.84. The van der Waals surface area contributed by atoms with Crippen LogP contribution in [-0.4, -0.2) is 22.7 Å². The van der Waals surface area contributed by atoms with Gasteiger partial charge in [0.1, 0.15) is 0 Å². The molecule has 0 spiro atoms. The number of carbonyl (C=O) groups is 1. The molecule has 0 fully saturated rings. The molecule has 0 aliphatic rings. The molecular formula is C11H15NO3. The molecule has 15 heavy (non-hydrogen) atoms. The van der Waals surface area contributed by atoms with E-state index in [4.69, 9.17) is 9.84 Å². The van der Waals surface area contributed by atoms with Crippen LogP contribution in [0.1, 0.15) is 29.9 Å². The lowest BCUT2D eigenvalue weighted by Gasteiger charge is -2.08. The molecule has 0 aliphatic heterocycles. The number of aromatic carboxylic acids is 1. The van der Waals surface area contributed by atoms with E-state index in [9.17, 15) is 4.79 Å². The molecule has 4 heteroatoms. The van der Waals surface area contributed by atoms with Gasteiger partial charge in [-0.1, -0.05) is 13.8 Å². The molecule has 1 rings (SSSR count). The van der Waals surface area contributed by atoms with Gasteiger partial charge in [-0.05, 0) is 18.9 Å². The van der Waals surface area contributed by atoms with E-state index in [1.165, 1.54) is 12.1 Å². The normalized spacial score (nSPS) is 10.4. The SMILES string of the molecule is Cc1cc(C(=O)O)cc(OCC(C)C)n1. The molecule has 1 heterocycles. The Balaban J connectivity index is 2.84. The van der Waals surface area contributed by atoms with Crippen LogP contribution in [0.15, 0.2) is 12.1 Å². The zero-order chi connectivity index (χ0) is 11.4. The van der Waals surface area contributed by atoms with Crippen molar-refractivity contribution in [3.63, 3.8) is 0 Å². The second-order valence-corrected chi connectivity index (χ2v) is 3.85. The average molecular weight is 209 g/mol. The Morgan fingerprint density at radius 1 is 1.53 bits per heavy atom. The van der Waals surface area contributed by atoms with Gasteiger partial charge in [0.05, 0.1) is 12.2 Å². The molecule has 82 valence electrons. The zero-order valence-electron chi connectivity index (χ0n) is 9.15. The monoisotopic (exact) mass is 209 g/mol. The first-order chi connectivity index (χ1) is 6.99. The Hall–Kier alpha value is -1.58. The highest BCUT2D eigenvalue weighted by molar-refractivity contribution is 5.87. The van der Waals surface area contributed by atoms with Crippen molar-refractivity contribution in [3.8, 4) is 5.88 Å². The molecular weight excluding hydrogens is 194 g/mol. The van der Waals surface area contributed by atoms with E-state index in [0.29, 0.717) is 24.1 Å². The van der Waals surface area contributed by atoms with E-state index in [-0.39, 0.29) is 5.56 Å². The minimum Gasteiger partial charge on any atom is -0.478 e. The summed E-state index contributed by atoms with van der Waals surface area (Å²) in [6.07, 6.45) is 0. The summed E-state index contributed by atoms with van der Waals surface area (Å²) in [6.45, 7) is 6.33. The minimum atomic E-state index is -0.963. The van der Waals surface area contributed by atoms with Crippen molar-refractivity contribution in [1.29, 1.82) is 0 Å². The molecule has 0 saturated carbocycles. The summed E-state index contributed by atoms with van der Waals surface area (Å²) >= 11 is 0. The Morgan fingerprint density at radius 2 is 2.20 bits per heavy atom. The fourth-order valence-electron chi connectivity index (χ4n) is 1.09. The number of nitrogens with zero attached hydrogens (tertiary/aromatic N) is 1. The van der Waals surface area contributed by atoms with Gasteiger partial charge >= 0.3 is 5.97 Å². The predicted octanol–water partition coefficient (Wildman–Crippen LogP) is 2.12. The fraction of sp³-hybridized carbons (Fsp3) is 0.455. The van der Waals surface area contributed by atoms with Crippen LogP contribution in [0.25, 0.3) is 0 Å². The van der Waals surface area contributed by atoms with Crippen LogP contribution >= 0.6 is 0 Å². The lowest BCUT2D eigenvalue weighted by atomic mass is 10.2. The van der Waals surface area contributed by atoms with E-state index in [0.717, 1.165) is 0 Å². The van der Waals surface area contributed by atoms with Gasteiger partial charge in [0.15, 0.2) is 0 Å². The third-order valence-electron chi connectivity index (χ3n) is 1.74. The maximum Gasteiger partial charge on any atom is 0.335 e. The van der Waals surface area contributed by atoms with Crippen molar-refractivity contribution in [2.75, 3.05) is 6.61 Å². The highest BCUT2D eigenvalue weighted by Crippen LogP contribution is 2.13. The summed E-state index contributed by atoms with van der Waals surface area (Å²) in [5, 5.41) is 8.83. The van der Waals surface area contributed by atoms with Crippen LogP contribution < -0.4 is 4.74 Å². The van der Waals surface area contributed by atoms with Gasteiger partial charge in [0, 0.05) is 11.8 Å². The fourth-order valence-corrected chi connectivity index (χ4v) is 1.09. The Labute approximate surface area is 88.9 Å². The zero-order valence-corrected chi connectivity index (χ0v) is 9.15. The van der Waals surface area contributed by atoms with Gasteiger partial charge in [0.25, 0.3) is 0 Å². The van der Waals surface area contributed by atoms with Gasteiger partial charge in [-0.3, -0.25) is 0 Å². The number of aromatic nitrogens is 1. The molecule has 0 amide bonds. The molecule has 0 aromatic carbocycles. The third kappa shape index (κ3) is 3.58. The van der Waals surface area contributed by atoms with Crippen LogP contribution in [0, 0.1) is 12.8 Å². The van der Waals surface area contributed by atoms with E-state index in [1.54, 1.807) is 6.92 Å². The molecule has 0 saturated heterocycles. The summed E-state index contributed by atoms with van der Waals surface area (Å²) in [6, 6.07) is 2.96. The minimum absolute atomic E-state index is 0.209. The lowest BCUT2D eigenvalue weighted by molar-refractivity contribution is 0.0696. The molecule has 4 nitrogen and oxygen atoms in total. The number of hydrogen-bond acceptors (Lipinski definition) is 3. The van der Waals surface area contributed by atoms with Crippen LogP contribution in [0.5, 0.6) is 5.88 Å². The largest absolute Gasteiger partial charge is 0.478 e. The van der Waals surface area contributed by atoms with E-state index >= 15 is 0 Å². The second-order valence-electron chi connectivity index (χ2n) is 3.85. The molecule has 1 aromatic heterocycles. The number of carboxylic acid groups (broad SMARTS) is 1. The van der Waals surface area contributed by atoms with Gasteiger partial charge in [-0.2, -0.15) is 0 Å². The van der Waals surface area contributed by atoms with Crippen LogP contribution in [0.3, 0.4) is 0 Å². The molecule has 0 bridgehead atoms.